The number of hydrogen-bond donors (Lipinski definition) is 1. The number of carbonyl (C=O) groups excluding carboxylic acids is 1. The second-order valence-corrected chi connectivity index (χ2v) is 7.45. The third-order valence-corrected chi connectivity index (χ3v) is 5.13. The van der Waals surface area contributed by atoms with Gasteiger partial charge in [0, 0.05) is 43.5 Å². The van der Waals surface area contributed by atoms with Crippen molar-refractivity contribution < 1.29 is 9.21 Å². The molecule has 1 N–H and O–H groups in total. The number of hydrogen-bond acceptors (Lipinski definition) is 4. The molecule has 142 valence electrons. The number of H-pyrrole nitrogens is 1. The SMILES string of the molecule is Cc1ccc(-c2cc(C(=O)N3CCCC(c4nccn4C(C)C)C3)n[nH]2)o1. The van der Waals surface area contributed by atoms with Crippen LogP contribution in [0.25, 0.3) is 11.5 Å². The van der Waals surface area contributed by atoms with Gasteiger partial charge in [-0.1, -0.05) is 0 Å². The van der Waals surface area contributed by atoms with Crippen molar-refractivity contribution in [2.24, 2.45) is 0 Å². The molecule has 7 nitrogen and oxygen atoms in total. The lowest BCUT2D eigenvalue weighted by molar-refractivity contribution is 0.0697. The van der Waals surface area contributed by atoms with Crippen molar-refractivity contribution >= 4 is 5.91 Å². The highest BCUT2D eigenvalue weighted by atomic mass is 16.3. The Labute approximate surface area is 158 Å². The number of nitrogens with zero attached hydrogens (tertiary/aromatic N) is 4. The van der Waals surface area contributed by atoms with Crippen LogP contribution in [0.2, 0.25) is 0 Å². The second-order valence-electron chi connectivity index (χ2n) is 7.45. The molecule has 3 aromatic rings. The Bertz CT molecular complexity index is 936. The molecule has 1 aliphatic heterocycles. The molecule has 0 saturated carbocycles. The first-order valence-electron chi connectivity index (χ1n) is 9.47. The van der Waals surface area contributed by atoms with Gasteiger partial charge in [0.2, 0.25) is 0 Å². The van der Waals surface area contributed by atoms with Gasteiger partial charge < -0.3 is 13.9 Å². The van der Waals surface area contributed by atoms with Gasteiger partial charge in [-0.3, -0.25) is 9.89 Å². The minimum Gasteiger partial charge on any atom is -0.460 e. The van der Waals surface area contributed by atoms with Gasteiger partial charge in [-0.25, -0.2) is 4.98 Å². The average molecular weight is 367 g/mol. The highest BCUT2D eigenvalue weighted by Gasteiger charge is 2.29. The highest BCUT2D eigenvalue weighted by molar-refractivity contribution is 5.93. The van der Waals surface area contributed by atoms with E-state index in [9.17, 15) is 4.79 Å². The minimum absolute atomic E-state index is 0.0480. The summed E-state index contributed by atoms with van der Waals surface area (Å²) in [7, 11) is 0. The van der Waals surface area contributed by atoms with Gasteiger partial charge >= 0.3 is 0 Å². The van der Waals surface area contributed by atoms with Crippen LogP contribution in [0.4, 0.5) is 0 Å². The molecule has 1 atom stereocenters. The van der Waals surface area contributed by atoms with Crippen molar-refractivity contribution in [3.63, 3.8) is 0 Å². The van der Waals surface area contributed by atoms with E-state index in [-0.39, 0.29) is 11.8 Å². The maximum atomic E-state index is 13.0. The Morgan fingerprint density at radius 2 is 2.22 bits per heavy atom. The fourth-order valence-corrected chi connectivity index (χ4v) is 3.75. The number of carbonyl (C=O) groups is 1. The predicted octanol–water partition coefficient (Wildman–Crippen LogP) is 3.78. The Balaban J connectivity index is 1.50. The van der Waals surface area contributed by atoms with Crippen LogP contribution in [0.1, 0.15) is 60.7 Å². The molecule has 0 spiro atoms. The van der Waals surface area contributed by atoms with E-state index < -0.39 is 0 Å². The molecule has 3 aromatic heterocycles. The van der Waals surface area contributed by atoms with Crippen molar-refractivity contribution in [2.45, 2.75) is 45.6 Å². The van der Waals surface area contributed by atoms with Crippen LogP contribution in [-0.2, 0) is 0 Å². The molecule has 0 aromatic carbocycles. The maximum Gasteiger partial charge on any atom is 0.274 e. The Morgan fingerprint density at radius 3 is 2.96 bits per heavy atom. The van der Waals surface area contributed by atoms with Gasteiger partial charge in [0.25, 0.3) is 5.91 Å². The molecule has 4 rings (SSSR count). The summed E-state index contributed by atoms with van der Waals surface area (Å²) < 4.78 is 7.80. The maximum absolute atomic E-state index is 13.0. The van der Waals surface area contributed by atoms with Crippen molar-refractivity contribution in [2.75, 3.05) is 13.1 Å². The summed E-state index contributed by atoms with van der Waals surface area (Å²) >= 11 is 0. The van der Waals surface area contributed by atoms with E-state index in [4.69, 9.17) is 4.42 Å². The van der Waals surface area contributed by atoms with Crippen molar-refractivity contribution in [3.05, 3.63) is 47.9 Å². The number of amides is 1. The fourth-order valence-electron chi connectivity index (χ4n) is 3.75. The molecular weight excluding hydrogens is 342 g/mol. The van der Waals surface area contributed by atoms with Crippen LogP contribution in [0.15, 0.2) is 35.0 Å². The standard InChI is InChI=1S/C20H25N5O2/c1-13(2)25-10-8-21-19(25)15-5-4-9-24(12-15)20(26)17-11-16(22-23-17)18-7-6-14(3)27-18/h6-8,10-11,13,15H,4-5,9,12H2,1-3H3,(H,22,23). The fraction of sp³-hybridized carbons (Fsp3) is 0.450. The van der Waals surface area contributed by atoms with Gasteiger partial charge in [-0.15, -0.1) is 0 Å². The first-order chi connectivity index (χ1) is 13.0. The number of nitrogens with one attached hydrogen (secondary N) is 1. The lowest BCUT2D eigenvalue weighted by Crippen LogP contribution is -2.40. The average Bonchev–Trinajstić information content (AvgIpc) is 3.40. The van der Waals surface area contributed by atoms with Gasteiger partial charge in [-0.05, 0) is 45.7 Å². The van der Waals surface area contributed by atoms with Gasteiger partial charge in [0.1, 0.15) is 17.3 Å². The number of aromatic nitrogens is 4. The van der Waals surface area contributed by atoms with Crippen LogP contribution in [0, 0.1) is 6.92 Å². The monoisotopic (exact) mass is 367 g/mol. The third-order valence-electron chi connectivity index (χ3n) is 5.13. The number of furan rings is 1. The highest BCUT2D eigenvalue weighted by Crippen LogP contribution is 2.28. The summed E-state index contributed by atoms with van der Waals surface area (Å²) in [6.07, 6.45) is 5.88. The molecule has 1 saturated heterocycles. The second kappa shape index (κ2) is 7.06. The number of aromatic amines is 1. The normalized spacial score (nSPS) is 17.6. The van der Waals surface area contributed by atoms with E-state index >= 15 is 0 Å². The summed E-state index contributed by atoms with van der Waals surface area (Å²) in [5.41, 5.74) is 1.14. The number of imidazole rings is 1. The molecule has 4 heterocycles. The molecule has 7 heteroatoms. The molecule has 1 amide bonds. The van der Waals surface area contributed by atoms with Crippen molar-refractivity contribution in [1.29, 1.82) is 0 Å². The molecular formula is C20H25N5O2. The van der Waals surface area contributed by atoms with Crippen molar-refractivity contribution in [1.82, 2.24) is 24.6 Å². The molecule has 0 bridgehead atoms. The van der Waals surface area contributed by atoms with Crippen LogP contribution in [-0.4, -0.2) is 43.6 Å². The van der Waals surface area contributed by atoms with Crippen LogP contribution in [0.5, 0.6) is 0 Å². The number of rotatable bonds is 4. The lowest BCUT2D eigenvalue weighted by Gasteiger charge is -2.32. The zero-order valence-corrected chi connectivity index (χ0v) is 16.0. The first kappa shape index (κ1) is 17.6. The Hall–Kier alpha value is -2.83. The van der Waals surface area contributed by atoms with Gasteiger partial charge in [0.15, 0.2) is 11.5 Å². The predicted molar refractivity (Wildman–Crippen MR) is 102 cm³/mol. The molecule has 1 fully saturated rings. The number of aryl methyl sites for hydroxylation is 1. The van der Waals surface area contributed by atoms with E-state index in [1.807, 2.05) is 36.4 Å². The topological polar surface area (TPSA) is 80.0 Å². The minimum atomic E-state index is -0.0480. The molecule has 0 radical (unpaired) electrons. The van der Waals surface area contributed by atoms with Crippen molar-refractivity contribution in [3.8, 4) is 11.5 Å². The lowest BCUT2D eigenvalue weighted by atomic mass is 9.96. The summed E-state index contributed by atoms with van der Waals surface area (Å²) in [5.74, 6) is 2.79. The summed E-state index contributed by atoms with van der Waals surface area (Å²) in [5, 5.41) is 7.12. The van der Waals surface area contributed by atoms with E-state index in [0.717, 1.165) is 36.7 Å². The van der Waals surface area contributed by atoms with Gasteiger partial charge in [-0.2, -0.15) is 5.10 Å². The third kappa shape index (κ3) is 3.41. The van der Waals surface area contributed by atoms with E-state index in [1.54, 1.807) is 6.07 Å². The number of piperidine rings is 1. The molecule has 0 aliphatic carbocycles. The molecule has 27 heavy (non-hydrogen) atoms. The van der Waals surface area contributed by atoms with Crippen LogP contribution >= 0.6 is 0 Å². The zero-order valence-electron chi connectivity index (χ0n) is 16.0. The number of likely N-dealkylation sites (tertiary alicyclic amines) is 1. The van der Waals surface area contributed by atoms with E-state index in [1.165, 1.54) is 0 Å². The Kier molecular flexibility index (Phi) is 4.59. The Morgan fingerprint density at radius 1 is 1.37 bits per heavy atom. The summed E-state index contributed by atoms with van der Waals surface area (Å²) in [6, 6.07) is 5.89. The van der Waals surface area contributed by atoms with Gasteiger partial charge in [0.05, 0.1) is 0 Å². The molecule has 1 unspecified atom stereocenters. The smallest absolute Gasteiger partial charge is 0.274 e. The quantitative estimate of drug-likeness (QED) is 0.761. The van der Waals surface area contributed by atoms with E-state index in [2.05, 4.69) is 33.6 Å². The van der Waals surface area contributed by atoms with Crippen LogP contribution < -0.4 is 0 Å². The summed E-state index contributed by atoms with van der Waals surface area (Å²) in [4.78, 5) is 19.4. The van der Waals surface area contributed by atoms with E-state index in [0.29, 0.717) is 24.0 Å². The molecule has 1 aliphatic rings. The van der Waals surface area contributed by atoms with Crippen LogP contribution in [0.3, 0.4) is 0 Å². The summed E-state index contributed by atoms with van der Waals surface area (Å²) in [6.45, 7) is 7.61. The first-order valence-corrected chi connectivity index (χ1v) is 9.47. The largest absolute Gasteiger partial charge is 0.460 e. The zero-order chi connectivity index (χ0) is 19.0.